The lowest BCUT2D eigenvalue weighted by molar-refractivity contribution is -0.128. The number of ether oxygens (including phenoxy) is 1. The second-order valence-corrected chi connectivity index (χ2v) is 3.50. The molecule has 0 radical (unpaired) electrons. The fraction of sp³-hybridized carbons (Fsp3) is 0.273. The molecule has 0 aliphatic rings. The Morgan fingerprint density at radius 2 is 2.17 bits per heavy atom. The van der Waals surface area contributed by atoms with Crippen molar-refractivity contribution in [3.63, 3.8) is 0 Å². The predicted octanol–water partition coefficient (Wildman–Crippen LogP) is 0.0719. The molecular formula is C11H14FN3O3. The molecule has 2 amide bonds. The van der Waals surface area contributed by atoms with Gasteiger partial charge in [-0.15, -0.1) is 0 Å². The van der Waals surface area contributed by atoms with Gasteiger partial charge in [-0.3, -0.25) is 15.0 Å². The molecule has 1 rings (SSSR count). The largest absolute Gasteiger partial charge is 0.480 e. The van der Waals surface area contributed by atoms with Gasteiger partial charge in [-0.05, 0) is 18.6 Å². The Kier molecular flexibility index (Phi) is 4.61. The summed E-state index contributed by atoms with van der Waals surface area (Å²) < 4.78 is 18.7. The Hall–Kier alpha value is -2.15. The normalized spacial score (nSPS) is 11.7. The van der Waals surface area contributed by atoms with E-state index >= 15 is 0 Å². The number of hydrogen-bond acceptors (Lipinski definition) is 4. The van der Waals surface area contributed by atoms with E-state index in [1.807, 2.05) is 5.43 Å². The molecule has 0 aliphatic heterocycles. The molecule has 1 aromatic rings. The molecule has 0 fully saturated rings. The number of nitrogens with one attached hydrogen (secondary N) is 1. The highest BCUT2D eigenvalue weighted by Gasteiger charge is 2.22. The van der Waals surface area contributed by atoms with Crippen molar-refractivity contribution in [2.45, 2.75) is 19.4 Å². The van der Waals surface area contributed by atoms with Crippen molar-refractivity contribution in [1.29, 1.82) is 0 Å². The van der Waals surface area contributed by atoms with Crippen LogP contribution in [-0.4, -0.2) is 17.9 Å². The van der Waals surface area contributed by atoms with Gasteiger partial charge < -0.3 is 10.5 Å². The first-order valence-electron chi connectivity index (χ1n) is 5.26. The number of primary amides is 1. The Morgan fingerprint density at radius 3 is 2.67 bits per heavy atom. The predicted molar refractivity (Wildman–Crippen MR) is 62.0 cm³/mol. The second-order valence-electron chi connectivity index (χ2n) is 3.50. The molecule has 18 heavy (non-hydrogen) atoms. The summed E-state index contributed by atoms with van der Waals surface area (Å²) in [4.78, 5) is 22.5. The van der Waals surface area contributed by atoms with Gasteiger partial charge in [0.15, 0.2) is 6.10 Å². The fourth-order valence-corrected chi connectivity index (χ4v) is 1.41. The van der Waals surface area contributed by atoms with Crippen LogP contribution >= 0.6 is 0 Å². The maximum Gasteiger partial charge on any atom is 0.274 e. The van der Waals surface area contributed by atoms with E-state index in [9.17, 15) is 14.0 Å². The van der Waals surface area contributed by atoms with E-state index in [1.165, 1.54) is 12.1 Å². The first kappa shape index (κ1) is 13.9. The monoisotopic (exact) mass is 255 g/mol. The first-order valence-corrected chi connectivity index (χ1v) is 5.26. The average molecular weight is 255 g/mol. The van der Waals surface area contributed by atoms with Crippen LogP contribution in [0, 0.1) is 5.82 Å². The van der Waals surface area contributed by atoms with Gasteiger partial charge >= 0.3 is 0 Å². The molecule has 7 heteroatoms. The summed E-state index contributed by atoms with van der Waals surface area (Å²) in [5.41, 5.74) is 6.59. The first-order chi connectivity index (χ1) is 8.51. The minimum absolute atomic E-state index is 0.0852. The lowest BCUT2D eigenvalue weighted by Gasteiger charge is -2.17. The molecule has 0 heterocycles. The molecule has 6 nitrogen and oxygen atoms in total. The topological polar surface area (TPSA) is 107 Å². The molecule has 0 saturated heterocycles. The van der Waals surface area contributed by atoms with E-state index in [-0.39, 0.29) is 11.3 Å². The molecule has 0 aliphatic carbocycles. The molecule has 0 bridgehead atoms. The molecule has 5 N–H and O–H groups in total. The van der Waals surface area contributed by atoms with Crippen LogP contribution in [0.5, 0.6) is 5.75 Å². The lowest BCUT2D eigenvalue weighted by atomic mass is 10.1. The van der Waals surface area contributed by atoms with E-state index in [1.54, 1.807) is 6.92 Å². The van der Waals surface area contributed by atoms with E-state index < -0.39 is 23.7 Å². The molecule has 0 aromatic heterocycles. The van der Waals surface area contributed by atoms with Crippen molar-refractivity contribution in [3.05, 3.63) is 29.6 Å². The van der Waals surface area contributed by atoms with Gasteiger partial charge in [-0.25, -0.2) is 10.2 Å². The zero-order valence-corrected chi connectivity index (χ0v) is 9.77. The lowest BCUT2D eigenvalue weighted by Crippen LogP contribution is -2.42. The minimum Gasteiger partial charge on any atom is -0.480 e. The zero-order chi connectivity index (χ0) is 13.7. The third-order valence-corrected chi connectivity index (χ3v) is 2.30. The number of amides is 2. The molecule has 1 aromatic carbocycles. The number of benzene rings is 1. The van der Waals surface area contributed by atoms with Crippen LogP contribution in [0.2, 0.25) is 0 Å². The van der Waals surface area contributed by atoms with Crippen LogP contribution in [0.15, 0.2) is 18.2 Å². The summed E-state index contributed by atoms with van der Waals surface area (Å²) in [6.45, 7) is 1.68. The minimum atomic E-state index is -0.967. The molecule has 1 atom stereocenters. The Bertz CT molecular complexity index is 465. The van der Waals surface area contributed by atoms with Crippen LogP contribution in [0.3, 0.4) is 0 Å². The van der Waals surface area contributed by atoms with Crippen LogP contribution in [0.4, 0.5) is 4.39 Å². The number of rotatable bonds is 5. The standard InChI is InChI=1S/C11H14FN3O3/c1-2-7(11(17)15-14)18-8-5-3-4-6(12)9(8)10(13)16/h3-5,7H,2,14H2,1H3,(H2,13,16)(H,15,17). The van der Waals surface area contributed by atoms with Gasteiger partial charge in [-0.2, -0.15) is 0 Å². The number of hydrazine groups is 1. The van der Waals surface area contributed by atoms with Crippen LogP contribution in [-0.2, 0) is 4.79 Å². The summed E-state index contributed by atoms with van der Waals surface area (Å²) >= 11 is 0. The number of halogens is 1. The second kappa shape index (κ2) is 5.97. The SMILES string of the molecule is CCC(Oc1cccc(F)c1C(N)=O)C(=O)NN. The number of carbonyl (C=O) groups excluding carboxylic acids is 2. The Balaban J connectivity index is 3.06. The Labute approximate surface area is 103 Å². The van der Waals surface area contributed by atoms with Crippen molar-refractivity contribution in [2.24, 2.45) is 11.6 Å². The number of carbonyl (C=O) groups is 2. The van der Waals surface area contributed by atoms with Gasteiger partial charge in [0.1, 0.15) is 17.1 Å². The number of hydrogen-bond donors (Lipinski definition) is 3. The van der Waals surface area contributed by atoms with Crippen molar-refractivity contribution in [1.82, 2.24) is 5.43 Å². The van der Waals surface area contributed by atoms with Crippen molar-refractivity contribution in [2.75, 3.05) is 0 Å². The highest BCUT2D eigenvalue weighted by atomic mass is 19.1. The van der Waals surface area contributed by atoms with E-state index in [4.69, 9.17) is 16.3 Å². The number of nitrogens with two attached hydrogens (primary N) is 2. The van der Waals surface area contributed by atoms with Crippen LogP contribution < -0.4 is 21.7 Å². The molecule has 98 valence electrons. The summed E-state index contributed by atoms with van der Waals surface area (Å²) in [6, 6.07) is 3.79. The third kappa shape index (κ3) is 2.95. The maximum absolute atomic E-state index is 13.4. The highest BCUT2D eigenvalue weighted by Crippen LogP contribution is 2.22. The maximum atomic E-state index is 13.4. The van der Waals surface area contributed by atoms with E-state index in [0.717, 1.165) is 6.07 Å². The summed E-state index contributed by atoms with van der Waals surface area (Å²) in [6.07, 6.45) is -0.618. The van der Waals surface area contributed by atoms with Gasteiger partial charge in [-0.1, -0.05) is 13.0 Å². The molecular weight excluding hydrogens is 241 g/mol. The van der Waals surface area contributed by atoms with Crippen LogP contribution in [0.25, 0.3) is 0 Å². The quantitative estimate of drug-likeness (QED) is 0.393. The fourth-order valence-electron chi connectivity index (χ4n) is 1.41. The van der Waals surface area contributed by atoms with Gasteiger partial charge in [0.05, 0.1) is 0 Å². The summed E-state index contributed by atoms with van der Waals surface area (Å²) in [5, 5.41) is 0. The molecule has 0 saturated carbocycles. The summed E-state index contributed by atoms with van der Waals surface area (Å²) in [5.74, 6) is 2.56. The average Bonchev–Trinajstić information content (AvgIpc) is 2.34. The summed E-state index contributed by atoms with van der Waals surface area (Å²) in [7, 11) is 0. The van der Waals surface area contributed by atoms with Crippen LogP contribution in [0.1, 0.15) is 23.7 Å². The van der Waals surface area contributed by atoms with Gasteiger partial charge in [0, 0.05) is 0 Å². The van der Waals surface area contributed by atoms with Crippen molar-refractivity contribution >= 4 is 11.8 Å². The van der Waals surface area contributed by atoms with Crippen molar-refractivity contribution < 1.29 is 18.7 Å². The van der Waals surface area contributed by atoms with E-state index in [2.05, 4.69) is 0 Å². The highest BCUT2D eigenvalue weighted by molar-refractivity contribution is 5.96. The van der Waals surface area contributed by atoms with Gasteiger partial charge in [0.25, 0.3) is 11.8 Å². The van der Waals surface area contributed by atoms with E-state index in [0.29, 0.717) is 6.42 Å². The van der Waals surface area contributed by atoms with Gasteiger partial charge in [0.2, 0.25) is 0 Å². The zero-order valence-electron chi connectivity index (χ0n) is 9.77. The third-order valence-electron chi connectivity index (χ3n) is 2.30. The molecule has 0 spiro atoms. The molecule has 1 unspecified atom stereocenters. The van der Waals surface area contributed by atoms with Crippen molar-refractivity contribution in [3.8, 4) is 5.75 Å². The smallest absolute Gasteiger partial charge is 0.274 e. The Morgan fingerprint density at radius 1 is 1.50 bits per heavy atom.